The molecule has 2 rings (SSSR count). The Kier molecular flexibility index (Phi) is 4.46. The van der Waals surface area contributed by atoms with Gasteiger partial charge < -0.3 is 10.5 Å². The predicted octanol–water partition coefficient (Wildman–Crippen LogP) is -0.169. The van der Waals surface area contributed by atoms with Crippen LogP contribution in [0.1, 0.15) is 28.7 Å². The van der Waals surface area contributed by atoms with Gasteiger partial charge in [0.1, 0.15) is 0 Å². The fourth-order valence-corrected chi connectivity index (χ4v) is 1.93. The first kappa shape index (κ1) is 14.2. The van der Waals surface area contributed by atoms with E-state index in [0.717, 1.165) is 12.1 Å². The molecule has 0 spiro atoms. The van der Waals surface area contributed by atoms with Crippen molar-refractivity contribution >= 4 is 5.97 Å². The van der Waals surface area contributed by atoms with Crippen molar-refractivity contribution in [1.82, 2.24) is 24.8 Å². The van der Waals surface area contributed by atoms with Gasteiger partial charge >= 0.3 is 5.97 Å². The lowest BCUT2D eigenvalue weighted by atomic mass is 10.2. The van der Waals surface area contributed by atoms with E-state index in [2.05, 4.69) is 15.4 Å². The maximum Gasteiger partial charge on any atom is 0.360 e. The molecule has 0 unspecified atom stereocenters. The highest BCUT2D eigenvalue weighted by molar-refractivity contribution is 5.88. The molecule has 0 aromatic carbocycles. The van der Waals surface area contributed by atoms with E-state index in [-0.39, 0.29) is 5.69 Å². The van der Waals surface area contributed by atoms with E-state index in [1.165, 1.54) is 7.11 Å². The number of hydrogen-bond donors (Lipinski definition) is 1. The standard InChI is InChI=1S/C12H18N6O2/c1-3-17-7-9(6-14-17)8-18-10(4-5-13)11(15-16-18)12(19)20-2/h6-7H,3-5,8,13H2,1-2H3. The van der Waals surface area contributed by atoms with Gasteiger partial charge in [-0.3, -0.25) is 4.68 Å². The first-order chi connectivity index (χ1) is 9.69. The average molecular weight is 278 g/mol. The summed E-state index contributed by atoms with van der Waals surface area (Å²) in [5.41, 5.74) is 7.48. The van der Waals surface area contributed by atoms with Crippen LogP contribution in [-0.4, -0.2) is 44.4 Å². The van der Waals surface area contributed by atoms with Gasteiger partial charge in [-0.05, 0) is 13.5 Å². The lowest BCUT2D eigenvalue weighted by Gasteiger charge is -2.05. The van der Waals surface area contributed by atoms with Crippen LogP contribution in [0.2, 0.25) is 0 Å². The number of methoxy groups -OCH3 is 1. The number of hydrogen-bond acceptors (Lipinski definition) is 6. The van der Waals surface area contributed by atoms with E-state index in [0.29, 0.717) is 25.2 Å². The first-order valence-electron chi connectivity index (χ1n) is 6.41. The zero-order valence-electron chi connectivity index (χ0n) is 11.6. The van der Waals surface area contributed by atoms with E-state index < -0.39 is 5.97 Å². The molecule has 0 atom stereocenters. The second-order valence-corrected chi connectivity index (χ2v) is 4.28. The molecule has 0 aliphatic heterocycles. The Balaban J connectivity index is 2.26. The second-order valence-electron chi connectivity index (χ2n) is 4.28. The number of aromatic nitrogens is 5. The van der Waals surface area contributed by atoms with E-state index in [4.69, 9.17) is 10.5 Å². The third kappa shape index (κ3) is 2.85. The minimum Gasteiger partial charge on any atom is -0.464 e. The first-order valence-corrected chi connectivity index (χ1v) is 6.41. The van der Waals surface area contributed by atoms with Crippen molar-refractivity contribution in [3.05, 3.63) is 29.3 Å². The van der Waals surface area contributed by atoms with Crippen LogP contribution in [0.5, 0.6) is 0 Å². The number of aryl methyl sites for hydroxylation is 1. The Labute approximate surface area is 116 Å². The molecule has 0 aliphatic rings. The van der Waals surface area contributed by atoms with Crippen LogP contribution < -0.4 is 5.73 Å². The summed E-state index contributed by atoms with van der Waals surface area (Å²) in [4.78, 5) is 11.6. The summed E-state index contributed by atoms with van der Waals surface area (Å²) in [5, 5.41) is 12.1. The van der Waals surface area contributed by atoms with Crippen molar-refractivity contribution in [2.75, 3.05) is 13.7 Å². The molecule has 2 heterocycles. The fourth-order valence-electron chi connectivity index (χ4n) is 1.93. The van der Waals surface area contributed by atoms with Gasteiger partial charge in [0.15, 0.2) is 5.69 Å². The number of esters is 1. The fraction of sp³-hybridized carbons (Fsp3) is 0.500. The Hall–Kier alpha value is -2.22. The van der Waals surface area contributed by atoms with Crippen molar-refractivity contribution in [2.24, 2.45) is 5.73 Å². The Morgan fingerprint density at radius 2 is 2.30 bits per heavy atom. The quantitative estimate of drug-likeness (QED) is 0.736. The van der Waals surface area contributed by atoms with Gasteiger partial charge in [0.25, 0.3) is 0 Å². The van der Waals surface area contributed by atoms with Crippen LogP contribution in [0.4, 0.5) is 0 Å². The smallest absolute Gasteiger partial charge is 0.360 e. The van der Waals surface area contributed by atoms with Crippen molar-refractivity contribution in [2.45, 2.75) is 26.4 Å². The summed E-state index contributed by atoms with van der Waals surface area (Å²) in [5.74, 6) is -0.496. The van der Waals surface area contributed by atoms with Gasteiger partial charge in [0, 0.05) is 24.7 Å². The molecule has 0 radical (unpaired) electrons. The number of nitrogens with zero attached hydrogens (tertiary/aromatic N) is 5. The maximum absolute atomic E-state index is 11.6. The van der Waals surface area contributed by atoms with Gasteiger partial charge in [-0.1, -0.05) is 5.21 Å². The van der Waals surface area contributed by atoms with Gasteiger partial charge in [0.2, 0.25) is 0 Å². The summed E-state index contributed by atoms with van der Waals surface area (Å²) < 4.78 is 8.19. The topological polar surface area (TPSA) is 101 Å². The normalized spacial score (nSPS) is 10.8. The molecule has 20 heavy (non-hydrogen) atoms. The van der Waals surface area contributed by atoms with Crippen LogP contribution in [-0.2, 0) is 24.2 Å². The van der Waals surface area contributed by atoms with Crippen molar-refractivity contribution < 1.29 is 9.53 Å². The monoisotopic (exact) mass is 278 g/mol. The van der Waals surface area contributed by atoms with Crippen LogP contribution in [0.15, 0.2) is 12.4 Å². The SMILES string of the molecule is CCn1cc(Cn2nnc(C(=O)OC)c2CCN)cn1. The van der Waals surface area contributed by atoms with Crippen LogP contribution in [0.3, 0.4) is 0 Å². The van der Waals surface area contributed by atoms with E-state index >= 15 is 0 Å². The lowest BCUT2D eigenvalue weighted by molar-refractivity contribution is 0.0592. The summed E-state index contributed by atoms with van der Waals surface area (Å²) in [6.45, 7) is 3.73. The number of carbonyl (C=O) groups is 1. The number of rotatable bonds is 6. The molecule has 8 nitrogen and oxygen atoms in total. The van der Waals surface area contributed by atoms with Gasteiger partial charge in [-0.15, -0.1) is 5.10 Å². The minimum atomic E-state index is -0.496. The summed E-state index contributed by atoms with van der Waals surface area (Å²) in [6, 6.07) is 0. The third-order valence-electron chi connectivity index (χ3n) is 2.94. The molecule has 108 valence electrons. The molecular formula is C12H18N6O2. The summed E-state index contributed by atoms with van der Waals surface area (Å²) >= 11 is 0. The number of nitrogens with two attached hydrogens (primary N) is 1. The van der Waals surface area contributed by atoms with Gasteiger partial charge in [-0.25, -0.2) is 9.48 Å². The van der Waals surface area contributed by atoms with Crippen LogP contribution in [0, 0.1) is 0 Å². The zero-order valence-corrected chi connectivity index (χ0v) is 11.6. The van der Waals surface area contributed by atoms with Crippen LogP contribution >= 0.6 is 0 Å². The highest BCUT2D eigenvalue weighted by atomic mass is 16.5. The van der Waals surface area contributed by atoms with Crippen LogP contribution in [0.25, 0.3) is 0 Å². The Morgan fingerprint density at radius 3 is 2.90 bits per heavy atom. The Morgan fingerprint density at radius 1 is 1.50 bits per heavy atom. The summed E-state index contributed by atoms with van der Waals surface area (Å²) in [6.07, 6.45) is 4.22. The molecule has 0 fully saturated rings. The van der Waals surface area contributed by atoms with E-state index in [9.17, 15) is 4.79 Å². The molecule has 0 aliphatic carbocycles. The van der Waals surface area contributed by atoms with Crippen molar-refractivity contribution in [3.8, 4) is 0 Å². The van der Waals surface area contributed by atoms with Gasteiger partial charge in [-0.2, -0.15) is 5.10 Å². The minimum absolute atomic E-state index is 0.223. The Bertz CT molecular complexity index is 589. The highest BCUT2D eigenvalue weighted by Crippen LogP contribution is 2.10. The predicted molar refractivity (Wildman–Crippen MR) is 71.1 cm³/mol. The van der Waals surface area contributed by atoms with E-state index in [1.54, 1.807) is 10.9 Å². The molecule has 2 aromatic rings. The number of carbonyl (C=O) groups excluding carboxylic acids is 1. The molecule has 0 bridgehead atoms. The zero-order chi connectivity index (χ0) is 14.5. The highest BCUT2D eigenvalue weighted by Gasteiger charge is 2.19. The van der Waals surface area contributed by atoms with Crippen molar-refractivity contribution in [1.29, 1.82) is 0 Å². The van der Waals surface area contributed by atoms with Gasteiger partial charge in [0.05, 0.1) is 25.5 Å². The van der Waals surface area contributed by atoms with Crippen molar-refractivity contribution in [3.63, 3.8) is 0 Å². The molecule has 2 aromatic heterocycles. The molecular weight excluding hydrogens is 260 g/mol. The number of ether oxygens (including phenoxy) is 1. The molecule has 0 saturated carbocycles. The average Bonchev–Trinajstić information content (AvgIpc) is 3.07. The summed E-state index contributed by atoms with van der Waals surface area (Å²) in [7, 11) is 1.32. The molecule has 0 saturated heterocycles. The lowest BCUT2D eigenvalue weighted by Crippen LogP contribution is -2.14. The molecule has 2 N–H and O–H groups in total. The second kappa shape index (κ2) is 6.29. The molecule has 8 heteroatoms. The third-order valence-corrected chi connectivity index (χ3v) is 2.94. The van der Waals surface area contributed by atoms with E-state index in [1.807, 2.05) is 17.8 Å². The maximum atomic E-state index is 11.6. The largest absolute Gasteiger partial charge is 0.464 e. The molecule has 0 amide bonds.